The molecule has 106 valence electrons. The van der Waals surface area contributed by atoms with Crippen LogP contribution in [0.5, 0.6) is 0 Å². The predicted octanol–water partition coefficient (Wildman–Crippen LogP) is 2.74. The molecule has 19 heavy (non-hydrogen) atoms. The minimum atomic E-state index is -0.777. The molecule has 0 aliphatic heterocycles. The second-order valence-electron chi connectivity index (χ2n) is 5.10. The Morgan fingerprint density at radius 3 is 3.11 bits per heavy atom. The van der Waals surface area contributed by atoms with Gasteiger partial charge in [0.25, 0.3) is 0 Å². The van der Waals surface area contributed by atoms with E-state index in [0.717, 1.165) is 37.2 Å². The van der Waals surface area contributed by atoms with Crippen molar-refractivity contribution in [2.45, 2.75) is 43.0 Å². The van der Waals surface area contributed by atoms with Gasteiger partial charge in [-0.05, 0) is 43.9 Å². The molecule has 2 atom stereocenters. The van der Waals surface area contributed by atoms with Crippen LogP contribution < -0.4 is 5.73 Å². The van der Waals surface area contributed by atoms with Crippen LogP contribution in [0.15, 0.2) is 21.6 Å². The molecule has 1 aliphatic carbocycles. The third-order valence-corrected chi connectivity index (χ3v) is 5.15. The van der Waals surface area contributed by atoms with Gasteiger partial charge in [-0.3, -0.25) is 4.79 Å². The number of aryl methyl sites for hydroxylation is 1. The van der Waals surface area contributed by atoms with Gasteiger partial charge in [0, 0.05) is 4.90 Å². The van der Waals surface area contributed by atoms with Gasteiger partial charge in [0.15, 0.2) is 0 Å². The smallest absolute Gasteiger partial charge is 0.326 e. The maximum Gasteiger partial charge on any atom is 0.326 e. The lowest BCUT2D eigenvalue weighted by atomic mass is 9.86. The SMILES string of the molecule is COC(=O)C1(N)CCCC1CCSc1ccoc1C. The standard InChI is InChI=1S/C14H21NO3S/c1-10-12(5-8-18-10)19-9-6-11-4-3-7-14(11,15)13(16)17-2/h5,8,11H,3-4,6-7,9,15H2,1-2H3. The molecule has 4 nitrogen and oxygen atoms in total. The van der Waals surface area contributed by atoms with Gasteiger partial charge in [-0.25, -0.2) is 0 Å². The normalized spacial score (nSPS) is 26.6. The zero-order chi connectivity index (χ0) is 13.9. The molecule has 0 spiro atoms. The summed E-state index contributed by atoms with van der Waals surface area (Å²) in [5, 5.41) is 0. The van der Waals surface area contributed by atoms with Crippen LogP contribution in [0.2, 0.25) is 0 Å². The maximum absolute atomic E-state index is 11.8. The number of thioether (sulfide) groups is 1. The monoisotopic (exact) mass is 283 g/mol. The predicted molar refractivity (Wildman–Crippen MR) is 75.1 cm³/mol. The second-order valence-corrected chi connectivity index (χ2v) is 6.24. The number of hydrogen-bond donors (Lipinski definition) is 1. The number of ether oxygens (including phenoxy) is 1. The number of esters is 1. The number of rotatable bonds is 5. The lowest BCUT2D eigenvalue weighted by Gasteiger charge is -2.28. The third-order valence-electron chi connectivity index (χ3n) is 3.97. The van der Waals surface area contributed by atoms with Crippen molar-refractivity contribution in [1.82, 2.24) is 0 Å². The number of furan rings is 1. The van der Waals surface area contributed by atoms with Crippen molar-refractivity contribution in [3.05, 3.63) is 18.1 Å². The van der Waals surface area contributed by atoms with Crippen LogP contribution >= 0.6 is 11.8 Å². The van der Waals surface area contributed by atoms with Crippen LogP contribution in [0.25, 0.3) is 0 Å². The highest BCUT2D eigenvalue weighted by Crippen LogP contribution is 2.38. The van der Waals surface area contributed by atoms with Gasteiger partial charge >= 0.3 is 5.97 Å². The molecule has 1 aromatic heterocycles. The van der Waals surface area contributed by atoms with Gasteiger partial charge in [0.2, 0.25) is 0 Å². The average Bonchev–Trinajstić information content (AvgIpc) is 2.97. The van der Waals surface area contributed by atoms with E-state index in [9.17, 15) is 4.79 Å². The molecule has 5 heteroatoms. The molecule has 0 bridgehead atoms. The average molecular weight is 283 g/mol. The van der Waals surface area contributed by atoms with E-state index in [-0.39, 0.29) is 11.9 Å². The summed E-state index contributed by atoms with van der Waals surface area (Å²) in [7, 11) is 1.41. The Morgan fingerprint density at radius 2 is 2.47 bits per heavy atom. The van der Waals surface area contributed by atoms with Crippen LogP contribution in [0.4, 0.5) is 0 Å². The fourth-order valence-corrected chi connectivity index (χ4v) is 3.82. The van der Waals surface area contributed by atoms with E-state index in [1.807, 2.05) is 13.0 Å². The van der Waals surface area contributed by atoms with Crippen molar-refractivity contribution in [2.24, 2.45) is 11.7 Å². The van der Waals surface area contributed by atoms with Gasteiger partial charge in [-0.15, -0.1) is 11.8 Å². The van der Waals surface area contributed by atoms with E-state index in [1.165, 1.54) is 12.0 Å². The second kappa shape index (κ2) is 6.01. The highest BCUT2D eigenvalue weighted by Gasteiger charge is 2.46. The van der Waals surface area contributed by atoms with Gasteiger partial charge in [0.05, 0.1) is 13.4 Å². The van der Waals surface area contributed by atoms with Crippen LogP contribution in [-0.2, 0) is 9.53 Å². The van der Waals surface area contributed by atoms with Crippen molar-refractivity contribution in [3.8, 4) is 0 Å². The molecule has 0 aromatic carbocycles. The molecule has 1 saturated carbocycles. The molecule has 2 unspecified atom stereocenters. The molecule has 2 N–H and O–H groups in total. The zero-order valence-electron chi connectivity index (χ0n) is 11.5. The molecule has 1 fully saturated rings. The molecule has 1 aromatic rings. The molecular weight excluding hydrogens is 262 g/mol. The van der Waals surface area contributed by atoms with E-state index in [1.54, 1.807) is 18.0 Å². The van der Waals surface area contributed by atoms with Gasteiger partial charge in [-0.2, -0.15) is 0 Å². The number of nitrogens with two attached hydrogens (primary N) is 1. The third kappa shape index (κ3) is 2.98. The lowest BCUT2D eigenvalue weighted by Crippen LogP contribution is -2.51. The van der Waals surface area contributed by atoms with Crippen LogP contribution in [0.1, 0.15) is 31.4 Å². The molecular formula is C14H21NO3S. The fourth-order valence-electron chi connectivity index (χ4n) is 2.80. The molecule has 2 rings (SSSR count). The Labute approximate surface area is 118 Å². The van der Waals surface area contributed by atoms with E-state index in [0.29, 0.717) is 0 Å². The number of hydrogen-bond acceptors (Lipinski definition) is 5. The van der Waals surface area contributed by atoms with Crippen molar-refractivity contribution in [2.75, 3.05) is 12.9 Å². The molecule has 0 amide bonds. The Bertz CT molecular complexity index is 446. The van der Waals surface area contributed by atoms with Gasteiger partial charge < -0.3 is 14.9 Å². The van der Waals surface area contributed by atoms with E-state index < -0.39 is 5.54 Å². The Hall–Kier alpha value is -0.940. The maximum atomic E-state index is 11.8. The van der Waals surface area contributed by atoms with Gasteiger partial charge in [0.1, 0.15) is 11.3 Å². The molecule has 0 saturated heterocycles. The van der Waals surface area contributed by atoms with E-state index in [4.69, 9.17) is 14.9 Å². The summed E-state index contributed by atoms with van der Waals surface area (Å²) in [6.45, 7) is 1.96. The largest absolute Gasteiger partial charge is 0.468 e. The lowest BCUT2D eigenvalue weighted by molar-refractivity contribution is -0.148. The topological polar surface area (TPSA) is 65.5 Å². The summed E-state index contributed by atoms with van der Waals surface area (Å²) in [5.74, 6) is 1.85. The first-order valence-electron chi connectivity index (χ1n) is 6.62. The number of methoxy groups -OCH3 is 1. The summed E-state index contributed by atoms with van der Waals surface area (Å²) in [6, 6.07) is 1.98. The van der Waals surface area contributed by atoms with E-state index in [2.05, 4.69) is 0 Å². The Balaban J connectivity index is 1.88. The molecule has 1 heterocycles. The highest BCUT2D eigenvalue weighted by atomic mass is 32.2. The van der Waals surface area contributed by atoms with Crippen molar-refractivity contribution < 1.29 is 13.9 Å². The van der Waals surface area contributed by atoms with Crippen LogP contribution in [0.3, 0.4) is 0 Å². The quantitative estimate of drug-likeness (QED) is 0.665. The molecule has 1 aliphatic rings. The first kappa shape index (κ1) is 14.5. The first-order valence-corrected chi connectivity index (χ1v) is 7.60. The van der Waals surface area contributed by atoms with Crippen molar-refractivity contribution in [3.63, 3.8) is 0 Å². The minimum absolute atomic E-state index is 0.222. The van der Waals surface area contributed by atoms with Crippen molar-refractivity contribution in [1.29, 1.82) is 0 Å². The summed E-state index contributed by atoms with van der Waals surface area (Å²) >= 11 is 1.76. The Kier molecular flexibility index (Phi) is 4.58. The Morgan fingerprint density at radius 1 is 1.68 bits per heavy atom. The summed E-state index contributed by atoms with van der Waals surface area (Å²) < 4.78 is 10.1. The highest BCUT2D eigenvalue weighted by molar-refractivity contribution is 7.99. The first-order chi connectivity index (χ1) is 9.08. The summed E-state index contributed by atoms with van der Waals surface area (Å²) in [6.07, 6.45) is 5.39. The fraction of sp³-hybridized carbons (Fsp3) is 0.643. The summed E-state index contributed by atoms with van der Waals surface area (Å²) in [5.41, 5.74) is 5.47. The van der Waals surface area contributed by atoms with E-state index >= 15 is 0 Å². The van der Waals surface area contributed by atoms with Crippen LogP contribution in [-0.4, -0.2) is 24.4 Å². The van der Waals surface area contributed by atoms with Gasteiger partial charge in [-0.1, -0.05) is 6.42 Å². The number of carbonyl (C=O) groups is 1. The number of carbonyl (C=O) groups excluding carboxylic acids is 1. The summed E-state index contributed by atoms with van der Waals surface area (Å²) in [4.78, 5) is 13.0. The van der Waals surface area contributed by atoms with Crippen molar-refractivity contribution >= 4 is 17.7 Å². The zero-order valence-corrected chi connectivity index (χ0v) is 12.3. The minimum Gasteiger partial charge on any atom is -0.468 e. The van der Waals surface area contributed by atoms with Crippen LogP contribution in [0, 0.1) is 12.8 Å². The molecule has 0 radical (unpaired) electrons.